The van der Waals surface area contributed by atoms with Gasteiger partial charge in [0, 0.05) is 0 Å². The molecule has 2 fully saturated rings. The molecule has 0 radical (unpaired) electrons. The van der Waals surface area contributed by atoms with E-state index >= 15 is 0 Å². The molecule has 4 unspecified atom stereocenters. The Balaban J connectivity index is 1.45. The summed E-state index contributed by atoms with van der Waals surface area (Å²) in [6.07, 6.45) is 14.1. The van der Waals surface area contributed by atoms with Crippen LogP contribution < -0.4 is 4.74 Å². The molecule has 1 nitrogen and oxygen atoms in total. The van der Waals surface area contributed by atoms with Crippen molar-refractivity contribution in [2.24, 2.45) is 17.8 Å². The number of rotatable bonds is 7. The lowest BCUT2D eigenvalue weighted by Crippen LogP contribution is -2.30. The Kier molecular flexibility index (Phi) is 6.57. The summed E-state index contributed by atoms with van der Waals surface area (Å²) in [7, 11) is 0. The summed E-state index contributed by atoms with van der Waals surface area (Å²) >= 11 is 0. The maximum absolute atomic E-state index is 14.4. The van der Waals surface area contributed by atoms with Crippen LogP contribution in [0.25, 0.3) is 10.8 Å². The number of ether oxygens (including phenoxy) is 1. The van der Waals surface area contributed by atoms with Gasteiger partial charge in [-0.2, -0.15) is 0 Å². The van der Waals surface area contributed by atoms with Crippen LogP contribution in [0.1, 0.15) is 76.2 Å². The monoisotopic (exact) mass is 394 g/mol. The summed E-state index contributed by atoms with van der Waals surface area (Å²) in [4.78, 5) is 0. The molecule has 2 aliphatic rings. The van der Waals surface area contributed by atoms with Gasteiger partial charge in [-0.25, -0.2) is 4.39 Å². The van der Waals surface area contributed by atoms with E-state index in [2.05, 4.69) is 31.7 Å². The smallest absolute Gasteiger partial charge is 0.165 e. The normalized spacial score (nSPS) is 26.8. The highest BCUT2D eigenvalue weighted by atomic mass is 19.1. The van der Waals surface area contributed by atoms with Gasteiger partial charge in [-0.05, 0) is 84.2 Å². The molecular weight excluding hydrogens is 359 g/mol. The Morgan fingerprint density at radius 3 is 2.69 bits per heavy atom. The number of halogens is 1. The van der Waals surface area contributed by atoms with Crippen molar-refractivity contribution in [3.63, 3.8) is 0 Å². The van der Waals surface area contributed by atoms with Gasteiger partial charge in [-0.3, -0.25) is 0 Å². The first kappa shape index (κ1) is 20.4. The second-order valence-electron chi connectivity index (χ2n) is 9.34. The van der Waals surface area contributed by atoms with Crippen molar-refractivity contribution < 1.29 is 9.13 Å². The molecule has 2 aromatic rings. The minimum Gasteiger partial charge on any atom is -0.486 e. The highest BCUT2D eigenvalue weighted by molar-refractivity contribution is 5.84. The van der Waals surface area contributed by atoms with Crippen molar-refractivity contribution in [1.29, 1.82) is 0 Å². The van der Waals surface area contributed by atoms with Gasteiger partial charge < -0.3 is 4.74 Å². The number of fused-ring (bicyclic) bond motifs is 2. The second-order valence-corrected chi connectivity index (χ2v) is 9.34. The Morgan fingerprint density at radius 1 is 1.03 bits per heavy atom. The minimum atomic E-state index is -0.286. The Labute approximate surface area is 175 Å². The lowest BCUT2D eigenvalue weighted by molar-refractivity contribution is 0.113. The Morgan fingerprint density at radius 2 is 1.86 bits per heavy atom. The van der Waals surface area contributed by atoms with E-state index in [9.17, 15) is 4.39 Å². The topological polar surface area (TPSA) is 9.23 Å². The fraction of sp³-hybridized carbons (Fsp3) is 0.556. The first-order chi connectivity index (χ1) is 14.2. The molecule has 156 valence electrons. The zero-order chi connectivity index (χ0) is 20.2. The van der Waals surface area contributed by atoms with Gasteiger partial charge in [0.15, 0.2) is 11.6 Å². The lowest BCUT2D eigenvalue weighted by atomic mass is 9.63. The van der Waals surface area contributed by atoms with Crippen molar-refractivity contribution in [1.82, 2.24) is 0 Å². The van der Waals surface area contributed by atoms with E-state index in [-0.39, 0.29) is 5.82 Å². The van der Waals surface area contributed by atoms with Gasteiger partial charge in [0.2, 0.25) is 0 Å². The average Bonchev–Trinajstić information content (AvgIpc) is 2.75. The van der Waals surface area contributed by atoms with Gasteiger partial charge in [-0.15, -0.1) is 0 Å². The van der Waals surface area contributed by atoms with Gasteiger partial charge in [0.25, 0.3) is 0 Å². The van der Waals surface area contributed by atoms with E-state index in [1.54, 1.807) is 12.1 Å². The number of hydrogen-bond donors (Lipinski definition) is 0. The van der Waals surface area contributed by atoms with Crippen LogP contribution in [0.15, 0.2) is 43.0 Å². The molecule has 2 aliphatic carbocycles. The number of benzene rings is 2. The fourth-order valence-corrected chi connectivity index (χ4v) is 5.82. The van der Waals surface area contributed by atoms with Crippen molar-refractivity contribution >= 4 is 10.8 Å². The fourth-order valence-electron chi connectivity index (χ4n) is 5.82. The lowest BCUT2D eigenvalue weighted by Gasteiger charge is -2.42. The van der Waals surface area contributed by atoms with Crippen LogP contribution in [0.2, 0.25) is 0 Å². The average molecular weight is 395 g/mol. The first-order valence-electron chi connectivity index (χ1n) is 11.6. The van der Waals surface area contributed by atoms with E-state index in [1.165, 1.54) is 63.4 Å². The van der Waals surface area contributed by atoms with Crippen LogP contribution in [0.4, 0.5) is 4.39 Å². The molecule has 4 rings (SSSR count). The molecule has 2 aromatic carbocycles. The molecule has 29 heavy (non-hydrogen) atoms. The largest absolute Gasteiger partial charge is 0.486 e. The molecule has 0 amide bonds. The zero-order valence-corrected chi connectivity index (χ0v) is 17.8. The molecule has 2 heteroatoms. The third-order valence-electron chi connectivity index (χ3n) is 7.43. The summed E-state index contributed by atoms with van der Waals surface area (Å²) < 4.78 is 19.8. The van der Waals surface area contributed by atoms with Crippen LogP contribution in [0.3, 0.4) is 0 Å². The van der Waals surface area contributed by atoms with E-state index in [4.69, 9.17) is 4.74 Å². The van der Waals surface area contributed by atoms with Gasteiger partial charge in [0.05, 0.1) is 0 Å². The summed E-state index contributed by atoms with van der Waals surface area (Å²) in [5.74, 6) is 3.48. The van der Waals surface area contributed by atoms with E-state index in [1.807, 2.05) is 6.07 Å². The minimum absolute atomic E-state index is 0.286. The predicted molar refractivity (Wildman–Crippen MR) is 120 cm³/mol. The van der Waals surface area contributed by atoms with Gasteiger partial charge in [0.1, 0.15) is 6.61 Å². The molecule has 0 heterocycles. The molecule has 0 saturated heterocycles. The highest BCUT2D eigenvalue weighted by Gasteiger charge is 2.35. The molecular formula is C27H35FO. The summed E-state index contributed by atoms with van der Waals surface area (Å²) in [5.41, 5.74) is 1.39. The Bertz CT molecular complexity index is 842. The van der Waals surface area contributed by atoms with Crippen LogP contribution >= 0.6 is 0 Å². The van der Waals surface area contributed by atoms with Crippen molar-refractivity contribution in [2.75, 3.05) is 6.61 Å². The Hall–Kier alpha value is -1.83. The third kappa shape index (κ3) is 4.68. The van der Waals surface area contributed by atoms with Gasteiger partial charge in [-0.1, -0.05) is 63.5 Å². The molecule has 4 atom stereocenters. The third-order valence-corrected chi connectivity index (χ3v) is 7.43. The van der Waals surface area contributed by atoms with Crippen LogP contribution in [0, 0.1) is 23.6 Å². The van der Waals surface area contributed by atoms with Crippen molar-refractivity contribution in [3.8, 4) is 5.75 Å². The summed E-state index contributed by atoms with van der Waals surface area (Å²) in [6, 6.07) is 10.1. The predicted octanol–water partition coefficient (Wildman–Crippen LogP) is 8.03. The molecule has 0 N–H and O–H groups in total. The van der Waals surface area contributed by atoms with E-state index < -0.39 is 0 Å². The maximum atomic E-state index is 14.4. The molecule has 2 saturated carbocycles. The van der Waals surface area contributed by atoms with Gasteiger partial charge >= 0.3 is 0 Å². The van der Waals surface area contributed by atoms with Crippen molar-refractivity contribution in [2.45, 2.75) is 70.6 Å². The van der Waals surface area contributed by atoms with Crippen molar-refractivity contribution in [3.05, 3.63) is 54.4 Å². The number of unbranched alkanes of at least 4 members (excludes halogenated alkanes) is 1. The zero-order valence-electron chi connectivity index (χ0n) is 17.8. The SMILES string of the molecule is C=CCOc1cc2ccc(C3CCC4CC(CCCC)CCC4C3)cc2cc1F. The van der Waals surface area contributed by atoms with Crippen LogP contribution in [-0.4, -0.2) is 6.61 Å². The first-order valence-corrected chi connectivity index (χ1v) is 11.6. The molecule has 0 spiro atoms. The van der Waals surface area contributed by atoms with E-state index in [0.717, 1.165) is 28.5 Å². The molecule has 0 bridgehead atoms. The highest BCUT2D eigenvalue weighted by Crippen LogP contribution is 2.48. The molecule has 0 aromatic heterocycles. The molecule has 0 aliphatic heterocycles. The second kappa shape index (κ2) is 9.32. The standard InChI is InChI=1S/C27H35FO/c1-3-5-6-19-7-8-21-15-22(10-9-20(21)14-19)23-11-12-24-18-27(29-13-4-2)26(28)17-25(24)16-23/h4,11-12,16-22H,2-3,5-10,13-15H2,1H3. The van der Waals surface area contributed by atoms with E-state index in [0.29, 0.717) is 18.3 Å². The number of hydrogen-bond acceptors (Lipinski definition) is 1. The van der Waals surface area contributed by atoms with Crippen LogP contribution in [-0.2, 0) is 0 Å². The summed E-state index contributed by atoms with van der Waals surface area (Å²) in [6.45, 7) is 6.26. The quantitative estimate of drug-likeness (QED) is 0.432. The maximum Gasteiger partial charge on any atom is 0.165 e. The van der Waals surface area contributed by atoms with Crippen LogP contribution in [0.5, 0.6) is 5.75 Å². The summed E-state index contributed by atoms with van der Waals surface area (Å²) in [5, 5.41) is 2.02.